The number of amides is 1. The molecule has 31 heavy (non-hydrogen) atoms. The van der Waals surface area contributed by atoms with Crippen LogP contribution < -0.4 is 10.1 Å². The molecule has 11 heteroatoms. The Balaban J connectivity index is 1.65. The van der Waals surface area contributed by atoms with Gasteiger partial charge in [-0.1, -0.05) is 30.0 Å². The third-order valence-corrected chi connectivity index (χ3v) is 4.81. The number of nitrogens with one attached hydrogen (secondary N) is 1. The van der Waals surface area contributed by atoms with Crippen molar-refractivity contribution in [3.8, 4) is 17.1 Å². The molecule has 3 rings (SSSR count). The molecule has 1 aromatic heterocycles. The first-order chi connectivity index (χ1) is 14.8. The van der Waals surface area contributed by atoms with Gasteiger partial charge in [0.05, 0.1) is 11.3 Å². The number of ether oxygens (including phenoxy) is 1. The zero-order valence-corrected chi connectivity index (χ0v) is 16.7. The third-order valence-electron chi connectivity index (χ3n) is 3.85. The maximum Gasteiger partial charge on any atom is 0.573 e. The van der Waals surface area contributed by atoms with Gasteiger partial charge in [0, 0.05) is 12.2 Å². The van der Waals surface area contributed by atoms with Crippen molar-refractivity contribution in [2.45, 2.75) is 18.1 Å². The molecule has 1 amide bonds. The van der Waals surface area contributed by atoms with Gasteiger partial charge in [0.15, 0.2) is 11.0 Å². The Labute approximate surface area is 178 Å². The predicted octanol–water partition coefficient (Wildman–Crippen LogP) is 4.90. The minimum Gasteiger partial charge on any atom is -0.406 e. The average Bonchev–Trinajstić information content (AvgIpc) is 3.10. The number of rotatable bonds is 8. The molecular formula is C20H16F4N4O2S. The van der Waals surface area contributed by atoms with E-state index in [1.165, 1.54) is 18.2 Å². The van der Waals surface area contributed by atoms with Crippen molar-refractivity contribution in [2.75, 3.05) is 11.1 Å². The molecule has 0 unspecified atom stereocenters. The molecule has 0 aliphatic heterocycles. The van der Waals surface area contributed by atoms with Crippen molar-refractivity contribution in [1.29, 1.82) is 0 Å². The highest BCUT2D eigenvalue weighted by Gasteiger charge is 2.31. The van der Waals surface area contributed by atoms with E-state index in [4.69, 9.17) is 0 Å². The number of anilines is 1. The molecule has 0 aliphatic carbocycles. The lowest BCUT2D eigenvalue weighted by molar-refractivity contribution is -0.274. The van der Waals surface area contributed by atoms with Crippen LogP contribution in [0, 0.1) is 5.82 Å². The highest BCUT2D eigenvalue weighted by Crippen LogP contribution is 2.27. The van der Waals surface area contributed by atoms with Crippen LogP contribution in [-0.2, 0) is 11.3 Å². The van der Waals surface area contributed by atoms with Gasteiger partial charge in [0.1, 0.15) is 11.6 Å². The molecule has 0 saturated carbocycles. The number of carbonyl (C=O) groups excluding carboxylic acids is 1. The lowest BCUT2D eigenvalue weighted by Gasteiger charge is -2.10. The van der Waals surface area contributed by atoms with Gasteiger partial charge < -0.3 is 10.1 Å². The van der Waals surface area contributed by atoms with Crippen LogP contribution >= 0.6 is 11.8 Å². The summed E-state index contributed by atoms with van der Waals surface area (Å²) >= 11 is 1.08. The van der Waals surface area contributed by atoms with Crippen molar-refractivity contribution < 1.29 is 27.1 Å². The molecule has 0 fully saturated rings. The Bertz CT molecular complexity index is 1070. The standard InChI is InChI=1S/C20H16F4N4O2S/c1-2-11-28-18(15-5-3-4-6-16(15)21)26-27-19(28)31-12-17(29)25-13-7-9-14(10-8-13)30-20(22,23)24/h2-10H,1,11-12H2,(H,25,29). The van der Waals surface area contributed by atoms with Crippen LogP contribution in [0.3, 0.4) is 0 Å². The van der Waals surface area contributed by atoms with Gasteiger partial charge in [-0.2, -0.15) is 0 Å². The van der Waals surface area contributed by atoms with Crippen LogP contribution in [0.1, 0.15) is 0 Å². The van der Waals surface area contributed by atoms with Crippen molar-refractivity contribution in [1.82, 2.24) is 14.8 Å². The minimum atomic E-state index is -4.79. The number of aromatic nitrogens is 3. The Kier molecular flexibility index (Phi) is 6.95. The first-order valence-electron chi connectivity index (χ1n) is 8.84. The van der Waals surface area contributed by atoms with Gasteiger partial charge in [0.2, 0.25) is 5.91 Å². The number of hydrogen-bond donors (Lipinski definition) is 1. The summed E-state index contributed by atoms with van der Waals surface area (Å²) < 4.78 is 56.1. The number of nitrogens with zero attached hydrogens (tertiary/aromatic N) is 3. The van der Waals surface area contributed by atoms with Gasteiger partial charge in [0.25, 0.3) is 0 Å². The molecule has 3 aromatic rings. The number of alkyl halides is 3. The number of carbonyl (C=O) groups is 1. The lowest BCUT2D eigenvalue weighted by Crippen LogP contribution is -2.17. The van der Waals surface area contributed by atoms with Gasteiger partial charge in [-0.3, -0.25) is 9.36 Å². The second-order valence-electron chi connectivity index (χ2n) is 6.09. The fourth-order valence-electron chi connectivity index (χ4n) is 2.60. The number of thioether (sulfide) groups is 1. The highest BCUT2D eigenvalue weighted by molar-refractivity contribution is 7.99. The molecule has 6 nitrogen and oxygen atoms in total. The van der Waals surface area contributed by atoms with Gasteiger partial charge >= 0.3 is 6.36 Å². The summed E-state index contributed by atoms with van der Waals surface area (Å²) in [5.41, 5.74) is 0.578. The molecule has 1 heterocycles. The molecule has 2 aromatic carbocycles. The van der Waals surface area contributed by atoms with E-state index in [2.05, 4.69) is 26.8 Å². The van der Waals surface area contributed by atoms with Crippen LogP contribution in [0.5, 0.6) is 5.75 Å². The number of allylic oxidation sites excluding steroid dienone is 1. The van der Waals surface area contributed by atoms with Gasteiger partial charge in [-0.05, 0) is 36.4 Å². The van der Waals surface area contributed by atoms with E-state index < -0.39 is 23.8 Å². The second-order valence-corrected chi connectivity index (χ2v) is 7.04. The van der Waals surface area contributed by atoms with Crippen molar-refractivity contribution in [3.05, 3.63) is 67.0 Å². The zero-order chi connectivity index (χ0) is 22.4. The molecule has 1 N–H and O–H groups in total. The quantitative estimate of drug-likeness (QED) is 0.299. The van der Waals surface area contributed by atoms with E-state index in [1.807, 2.05) is 0 Å². The molecule has 162 valence electrons. The summed E-state index contributed by atoms with van der Waals surface area (Å²) in [7, 11) is 0. The van der Waals surface area contributed by atoms with Gasteiger partial charge in [-0.25, -0.2) is 4.39 Å². The number of halogens is 4. The molecule has 0 radical (unpaired) electrons. The second kappa shape index (κ2) is 9.65. The van der Waals surface area contributed by atoms with Crippen molar-refractivity contribution in [3.63, 3.8) is 0 Å². The molecule has 0 aliphatic rings. The van der Waals surface area contributed by atoms with Crippen molar-refractivity contribution in [2.24, 2.45) is 0 Å². The highest BCUT2D eigenvalue weighted by atomic mass is 32.2. The molecule has 0 atom stereocenters. The number of benzene rings is 2. The van der Waals surface area contributed by atoms with Crippen LogP contribution in [0.15, 0.2) is 66.3 Å². The van der Waals surface area contributed by atoms with Crippen LogP contribution in [0.25, 0.3) is 11.4 Å². The van der Waals surface area contributed by atoms with E-state index in [9.17, 15) is 22.4 Å². The fraction of sp³-hybridized carbons (Fsp3) is 0.150. The van der Waals surface area contributed by atoms with Crippen molar-refractivity contribution >= 4 is 23.4 Å². The largest absolute Gasteiger partial charge is 0.573 e. The molecule has 0 bridgehead atoms. The first-order valence-corrected chi connectivity index (χ1v) is 9.83. The molecular weight excluding hydrogens is 436 g/mol. The summed E-state index contributed by atoms with van der Waals surface area (Å²) in [4.78, 5) is 12.2. The first kappa shape index (κ1) is 22.3. The summed E-state index contributed by atoms with van der Waals surface area (Å²) in [6.45, 7) is 3.98. The SMILES string of the molecule is C=CCn1c(SCC(=O)Nc2ccc(OC(F)(F)F)cc2)nnc1-c1ccccc1F. The van der Waals surface area contributed by atoms with E-state index in [1.54, 1.807) is 28.8 Å². The Morgan fingerprint density at radius 3 is 2.52 bits per heavy atom. The smallest absolute Gasteiger partial charge is 0.406 e. The van der Waals surface area contributed by atoms with Crippen LogP contribution in [0.4, 0.5) is 23.2 Å². The Hall–Kier alpha value is -3.34. The molecule has 0 saturated heterocycles. The Morgan fingerprint density at radius 2 is 1.87 bits per heavy atom. The lowest BCUT2D eigenvalue weighted by atomic mass is 10.2. The summed E-state index contributed by atoms with van der Waals surface area (Å²) in [6.07, 6.45) is -3.19. The van der Waals surface area contributed by atoms with E-state index in [-0.39, 0.29) is 11.3 Å². The van der Waals surface area contributed by atoms with E-state index in [0.29, 0.717) is 23.2 Å². The average molecular weight is 452 g/mol. The maximum atomic E-state index is 14.1. The fourth-order valence-corrected chi connectivity index (χ4v) is 3.35. The predicted molar refractivity (Wildman–Crippen MR) is 108 cm³/mol. The topological polar surface area (TPSA) is 69.0 Å². The summed E-state index contributed by atoms with van der Waals surface area (Å²) in [6, 6.07) is 10.9. The summed E-state index contributed by atoms with van der Waals surface area (Å²) in [5, 5.41) is 11.0. The van der Waals surface area contributed by atoms with Crippen LogP contribution in [-0.4, -0.2) is 32.8 Å². The van der Waals surface area contributed by atoms with Crippen LogP contribution in [0.2, 0.25) is 0 Å². The number of hydrogen-bond acceptors (Lipinski definition) is 5. The maximum absolute atomic E-state index is 14.1. The minimum absolute atomic E-state index is 0.0483. The third kappa shape index (κ3) is 6.07. The Morgan fingerprint density at radius 1 is 1.16 bits per heavy atom. The monoisotopic (exact) mass is 452 g/mol. The van der Waals surface area contributed by atoms with E-state index >= 15 is 0 Å². The molecule has 0 spiro atoms. The normalized spacial score (nSPS) is 11.2. The summed E-state index contributed by atoms with van der Waals surface area (Å²) in [5.74, 6) is -0.991. The zero-order valence-electron chi connectivity index (χ0n) is 15.9. The van der Waals surface area contributed by atoms with Gasteiger partial charge in [-0.15, -0.1) is 29.9 Å². The van der Waals surface area contributed by atoms with E-state index in [0.717, 1.165) is 23.9 Å².